The van der Waals surface area contributed by atoms with Crippen molar-refractivity contribution in [3.8, 4) is 0 Å². The third kappa shape index (κ3) is 8.69. The summed E-state index contributed by atoms with van der Waals surface area (Å²) in [5, 5.41) is 1.84. The van der Waals surface area contributed by atoms with Gasteiger partial charge in [-0.1, -0.05) is 32.5 Å². The van der Waals surface area contributed by atoms with Crippen molar-refractivity contribution in [1.82, 2.24) is 10.2 Å². The molecule has 2 atom stereocenters. The van der Waals surface area contributed by atoms with Crippen molar-refractivity contribution in [3.63, 3.8) is 0 Å². The van der Waals surface area contributed by atoms with Crippen molar-refractivity contribution >= 4 is 34.7 Å². The normalized spacial score (nSPS) is 13.3. The molecule has 2 amide bonds. The van der Waals surface area contributed by atoms with E-state index < -0.39 is 17.3 Å². The predicted molar refractivity (Wildman–Crippen MR) is 103 cm³/mol. The highest BCUT2D eigenvalue weighted by atomic mass is 32.2. The first-order chi connectivity index (χ1) is 12.0. The monoisotopic (exact) mass is 388 g/mol. The van der Waals surface area contributed by atoms with Crippen LogP contribution in [0.15, 0.2) is 0 Å². The van der Waals surface area contributed by atoms with Crippen LogP contribution in [0.25, 0.3) is 0 Å². The van der Waals surface area contributed by atoms with Crippen LogP contribution in [0.4, 0.5) is 0 Å². The number of nitrogens with one attached hydrogen (secondary N) is 1. The molecule has 0 aromatic rings. The third-order valence-corrected chi connectivity index (χ3v) is 4.66. The van der Waals surface area contributed by atoms with Gasteiger partial charge in [-0.05, 0) is 27.7 Å². The minimum atomic E-state index is -0.833. The highest BCUT2D eigenvalue weighted by molar-refractivity contribution is 8.14. The molecular weight excluding hydrogens is 356 g/mol. The summed E-state index contributed by atoms with van der Waals surface area (Å²) in [5.74, 6) is -1.37. The van der Waals surface area contributed by atoms with E-state index >= 15 is 0 Å². The number of ether oxygens (including phenoxy) is 1. The van der Waals surface area contributed by atoms with Crippen LogP contribution in [0.1, 0.15) is 54.9 Å². The van der Waals surface area contributed by atoms with E-state index in [1.807, 2.05) is 13.8 Å². The lowest BCUT2D eigenvalue weighted by Crippen LogP contribution is -2.53. The first-order valence-corrected chi connectivity index (χ1v) is 9.89. The van der Waals surface area contributed by atoms with E-state index in [-0.39, 0.29) is 35.4 Å². The molecule has 0 fully saturated rings. The fourth-order valence-electron chi connectivity index (χ4n) is 2.17. The summed E-state index contributed by atoms with van der Waals surface area (Å²) in [6.07, 6.45) is -0.655. The molecule has 0 saturated carbocycles. The average molecular weight is 389 g/mol. The van der Waals surface area contributed by atoms with E-state index in [2.05, 4.69) is 5.32 Å². The number of carbonyl (C=O) groups excluding carboxylic acids is 4. The number of rotatable bonds is 10. The van der Waals surface area contributed by atoms with Gasteiger partial charge in [-0.3, -0.25) is 19.2 Å². The van der Waals surface area contributed by atoms with Gasteiger partial charge in [0.05, 0.1) is 6.10 Å². The average Bonchev–Trinajstić information content (AvgIpc) is 2.51. The van der Waals surface area contributed by atoms with Crippen LogP contribution in [0.3, 0.4) is 0 Å². The number of thioether (sulfide) groups is 1. The molecule has 0 aromatic carbocycles. The lowest BCUT2D eigenvalue weighted by molar-refractivity contribution is -0.148. The maximum Gasteiger partial charge on any atom is 0.314 e. The SMILES string of the molecule is CCN(CC)C(=O)C(NC(=O)C(C)C)C(C)SC(=O)CC(=O)OC(C)C. The van der Waals surface area contributed by atoms with Crippen molar-refractivity contribution in [3.05, 3.63) is 0 Å². The molecule has 8 heteroatoms. The summed E-state index contributed by atoms with van der Waals surface area (Å²) in [6.45, 7) is 13.3. The Bertz CT molecular complexity index is 504. The largest absolute Gasteiger partial charge is 0.463 e. The lowest BCUT2D eigenvalue weighted by Gasteiger charge is -2.29. The fraction of sp³-hybridized carbons (Fsp3) is 0.778. The summed E-state index contributed by atoms with van der Waals surface area (Å²) < 4.78 is 4.96. The molecule has 0 bridgehead atoms. The van der Waals surface area contributed by atoms with Gasteiger partial charge in [-0.25, -0.2) is 0 Å². The van der Waals surface area contributed by atoms with E-state index in [4.69, 9.17) is 4.74 Å². The molecular formula is C18H32N2O5S. The Labute approximate surface area is 160 Å². The standard InChI is InChI=1S/C18H32N2O5S/c1-8-20(9-2)18(24)16(19-17(23)11(3)4)13(7)26-15(22)10-14(21)25-12(5)6/h11-13,16H,8-10H2,1-7H3,(H,19,23). The molecule has 7 nitrogen and oxygen atoms in total. The number of esters is 1. The summed E-state index contributed by atoms with van der Waals surface area (Å²) >= 11 is 0.882. The molecule has 1 N–H and O–H groups in total. The molecule has 0 saturated heterocycles. The van der Waals surface area contributed by atoms with Crippen LogP contribution in [-0.2, 0) is 23.9 Å². The molecule has 0 aliphatic rings. The predicted octanol–water partition coefficient (Wildman–Crippen LogP) is 1.99. The Hall–Kier alpha value is -1.57. The number of hydrogen-bond acceptors (Lipinski definition) is 6. The zero-order chi connectivity index (χ0) is 20.4. The summed E-state index contributed by atoms with van der Waals surface area (Å²) in [5.41, 5.74) is 0. The highest BCUT2D eigenvalue weighted by Crippen LogP contribution is 2.20. The van der Waals surface area contributed by atoms with Gasteiger partial charge in [0.2, 0.25) is 11.8 Å². The molecule has 150 valence electrons. The first kappa shape index (κ1) is 24.4. The van der Waals surface area contributed by atoms with E-state index in [0.29, 0.717) is 13.1 Å². The van der Waals surface area contributed by atoms with E-state index in [0.717, 1.165) is 11.8 Å². The first-order valence-electron chi connectivity index (χ1n) is 9.01. The minimum Gasteiger partial charge on any atom is -0.463 e. The molecule has 0 spiro atoms. The number of likely N-dealkylation sites (N-methyl/N-ethyl adjacent to an activating group) is 1. The maximum absolute atomic E-state index is 12.7. The van der Waals surface area contributed by atoms with Gasteiger partial charge in [0.25, 0.3) is 0 Å². The number of hydrogen-bond donors (Lipinski definition) is 1. The van der Waals surface area contributed by atoms with Crippen molar-refractivity contribution in [1.29, 1.82) is 0 Å². The van der Waals surface area contributed by atoms with Crippen LogP contribution >= 0.6 is 11.8 Å². The van der Waals surface area contributed by atoms with Gasteiger partial charge in [0, 0.05) is 24.3 Å². The molecule has 0 rings (SSSR count). The zero-order valence-corrected chi connectivity index (χ0v) is 17.6. The fourth-order valence-corrected chi connectivity index (χ4v) is 3.11. The molecule has 0 radical (unpaired) electrons. The van der Waals surface area contributed by atoms with Gasteiger partial charge >= 0.3 is 5.97 Å². The Balaban J connectivity index is 5.11. The van der Waals surface area contributed by atoms with E-state index in [1.54, 1.807) is 39.5 Å². The molecule has 0 heterocycles. The van der Waals surface area contributed by atoms with E-state index in [9.17, 15) is 19.2 Å². The van der Waals surface area contributed by atoms with Crippen LogP contribution in [-0.4, -0.2) is 58.3 Å². The molecule has 2 unspecified atom stereocenters. The van der Waals surface area contributed by atoms with Crippen molar-refractivity contribution < 1.29 is 23.9 Å². The molecule has 26 heavy (non-hydrogen) atoms. The second-order valence-corrected chi connectivity index (χ2v) is 8.00. The van der Waals surface area contributed by atoms with Crippen LogP contribution < -0.4 is 5.32 Å². The second kappa shape index (κ2) is 11.9. The van der Waals surface area contributed by atoms with Gasteiger partial charge in [-0.15, -0.1) is 0 Å². The summed E-state index contributed by atoms with van der Waals surface area (Å²) in [6, 6.07) is -0.833. The van der Waals surface area contributed by atoms with Gasteiger partial charge < -0.3 is 15.0 Å². The Kier molecular flexibility index (Phi) is 11.2. The molecule has 0 aromatic heterocycles. The number of amides is 2. The van der Waals surface area contributed by atoms with Crippen LogP contribution in [0.2, 0.25) is 0 Å². The second-order valence-electron chi connectivity index (χ2n) is 6.56. The number of nitrogens with zero attached hydrogens (tertiary/aromatic N) is 1. The third-order valence-electron chi connectivity index (χ3n) is 3.61. The molecule has 0 aliphatic carbocycles. The topological polar surface area (TPSA) is 92.8 Å². The highest BCUT2D eigenvalue weighted by Gasteiger charge is 2.32. The zero-order valence-electron chi connectivity index (χ0n) is 16.8. The van der Waals surface area contributed by atoms with Crippen LogP contribution in [0, 0.1) is 5.92 Å². The lowest BCUT2D eigenvalue weighted by atomic mass is 10.1. The van der Waals surface area contributed by atoms with Crippen molar-refractivity contribution in [2.45, 2.75) is 72.3 Å². The van der Waals surface area contributed by atoms with Crippen molar-refractivity contribution in [2.24, 2.45) is 5.92 Å². The summed E-state index contributed by atoms with van der Waals surface area (Å²) in [7, 11) is 0. The quantitative estimate of drug-likeness (QED) is 0.454. The summed E-state index contributed by atoms with van der Waals surface area (Å²) in [4.78, 5) is 50.2. The van der Waals surface area contributed by atoms with Gasteiger partial charge in [0.15, 0.2) is 5.12 Å². The Morgan fingerprint density at radius 3 is 1.96 bits per heavy atom. The smallest absolute Gasteiger partial charge is 0.314 e. The van der Waals surface area contributed by atoms with E-state index in [1.165, 1.54) is 0 Å². The van der Waals surface area contributed by atoms with Crippen molar-refractivity contribution in [2.75, 3.05) is 13.1 Å². The Morgan fingerprint density at radius 1 is 1.00 bits per heavy atom. The minimum absolute atomic E-state index is 0.235. The molecule has 0 aliphatic heterocycles. The maximum atomic E-state index is 12.7. The number of carbonyl (C=O) groups is 4. The van der Waals surface area contributed by atoms with Gasteiger partial charge in [-0.2, -0.15) is 0 Å². The van der Waals surface area contributed by atoms with Crippen LogP contribution in [0.5, 0.6) is 0 Å². The van der Waals surface area contributed by atoms with Gasteiger partial charge in [0.1, 0.15) is 12.5 Å². The Morgan fingerprint density at radius 2 is 1.54 bits per heavy atom.